The van der Waals surface area contributed by atoms with Crippen LogP contribution < -0.4 is 0 Å². The summed E-state index contributed by atoms with van der Waals surface area (Å²) in [4.78, 5) is 11.3. The Bertz CT molecular complexity index is 507. The summed E-state index contributed by atoms with van der Waals surface area (Å²) in [6.45, 7) is 1.89. The smallest absolute Gasteiger partial charge is 0.341 e. The Kier molecular flexibility index (Phi) is 2.37. The summed E-state index contributed by atoms with van der Waals surface area (Å²) in [5, 5.41) is 6.81. The number of aromatic amines is 1. The minimum absolute atomic E-state index is 0.0754. The molecule has 0 saturated carbocycles. The monoisotopic (exact) mass is 208 g/mol. The number of benzene rings is 1. The molecular weight excluding hydrogens is 199 g/mol. The van der Waals surface area contributed by atoms with Crippen LogP contribution in [0.25, 0.3) is 10.9 Å². The molecule has 1 aromatic heterocycles. The average Bonchev–Trinajstić information content (AvgIpc) is 2.67. The molecule has 5 heteroatoms. The van der Waals surface area contributed by atoms with Crippen LogP contribution in [0.15, 0.2) is 18.3 Å². The summed E-state index contributed by atoms with van der Waals surface area (Å²) >= 11 is 0. The molecule has 0 radical (unpaired) electrons. The van der Waals surface area contributed by atoms with Crippen LogP contribution in [0.4, 0.5) is 4.39 Å². The summed E-state index contributed by atoms with van der Waals surface area (Å²) in [7, 11) is 0. The van der Waals surface area contributed by atoms with Gasteiger partial charge in [0.1, 0.15) is 5.52 Å². The Morgan fingerprint density at radius 3 is 3.13 bits per heavy atom. The van der Waals surface area contributed by atoms with E-state index >= 15 is 0 Å². The number of ether oxygens (including phenoxy) is 1. The first kappa shape index (κ1) is 9.64. The Morgan fingerprint density at radius 1 is 1.60 bits per heavy atom. The van der Waals surface area contributed by atoms with Gasteiger partial charge >= 0.3 is 5.97 Å². The molecule has 0 amide bonds. The highest BCUT2D eigenvalue weighted by Gasteiger charge is 2.16. The first-order valence-electron chi connectivity index (χ1n) is 4.52. The molecule has 1 heterocycles. The van der Waals surface area contributed by atoms with E-state index < -0.39 is 11.8 Å². The van der Waals surface area contributed by atoms with Gasteiger partial charge in [-0.3, -0.25) is 5.10 Å². The van der Waals surface area contributed by atoms with Crippen molar-refractivity contribution in [3.05, 3.63) is 29.7 Å². The zero-order valence-corrected chi connectivity index (χ0v) is 8.08. The van der Waals surface area contributed by atoms with Crippen molar-refractivity contribution in [3.63, 3.8) is 0 Å². The van der Waals surface area contributed by atoms with Gasteiger partial charge < -0.3 is 4.74 Å². The third-order valence-corrected chi connectivity index (χ3v) is 2.05. The van der Waals surface area contributed by atoms with E-state index in [-0.39, 0.29) is 17.7 Å². The van der Waals surface area contributed by atoms with Gasteiger partial charge in [0.25, 0.3) is 0 Å². The molecule has 4 nitrogen and oxygen atoms in total. The Labute approximate surface area is 85.0 Å². The topological polar surface area (TPSA) is 55.0 Å². The Hall–Kier alpha value is -1.91. The fraction of sp³-hybridized carbons (Fsp3) is 0.200. The quantitative estimate of drug-likeness (QED) is 0.766. The first-order valence-corrected chi connectivity index (χ1v) is 4.52. The molecule has 0 aliphatic rings. The van der Waals surface area contributed by atoms with Gasteiger partial charge in [0.15, 0.2) is 5.82 Å². The van der Waals surface area contributed by atoms with Crippen molar-refractivity contribution in [2.75, 3.05) is 6.61 Å². The van der Waals surface area contributed by atoms with Crippen LogP contribution in [0, 0.1) is 5.82 Å². The van der Waals surface area contributed by atoms with Crippen molar-refractivity contribution >= 4 is 16.9 Å². The molecule has 0 fully saturated rings. The van der Waals surface area contributed by atoms with Crippen molar-refractivity contribution in [3.8, 4) is 0 Å². The van der Waals surface area contributed by atoms with Crippen molar-refractivity contribution in [1.29, 1.82) is 0 Å². The number of carbonyl (C=O) groups is 1. The maximum atomic E-state index is 13.7. The maximum Gasteiger partial charge on any atom is 0.341 e. The van der Waals surface area contributed by atoms with Crippen LogP contribution in [0.1, 0.15) is 17.3 Å². The van der Waals surface area contributed by atoms with Gasteiger partial charge in [-0.2, -0.15) is 5.10 Å². The highest BCUT2D eigenvalue weighted by atomic mass is 19.1. The lowest BCUT2D eigenvalue weighted by molar-refractivity contribution is 0.0521. The van der Waals surface area contributed by atoms with Crippen LogP contribution >= 0.6 is 0 Å². The van der Waals surface area contributed by atoms with Crippen molar-refractivity contribution in [2.24, 2.45) is 0 Å². The van der Waals surface area contributed by atoms with Gasteiger partial charge in [0.05, 0.1) is 18.4 Å². The van der Waals surface area contributed by atoms with Crippen LogP contribution in [-0.4, -0.2) is 22.8 Å². The molecule has 2 aromatic rings. The molecule has 1 N–H and O–H groups in total. The predicted molar refractivity (Wildman–Crippen MR) is 52.0 cm³/mol. The number of carbonyl (C=O) groups excluding carboxylic acids is 1. The molecule has 2 rings (SSSR count). The van der Waals surface area contributed by atoms with Crippen LogP contribution in [0.2, 0.25) is 0 Å². The summed E-state index contributed by atoms with van der Waals surface area (Å²) in [6.07, 6.45) is 1.49. The number of hydrogen-bond acceptors (Lipinski definition) is 3. The summed E-state index contributed by atoms with van der Waals surface area (Å²) in [5.74, 6) is -1.28. The number of rotatable bonds is 2. The number of hydrogen-bond donors (Lipinski definition) is 1. The zero-order valence-electron chi connectivity index (χ0n) is 8.08. The number of halogens is 1. The summed E-state index contributed by atoms with van der Waals surface area (Å²) in [6, 6.07) is 3.01. The van der Waals surface area contributed by atoms with Crippen molar-refractivity contribution in [1.82, 2.24) is 10.2 Å². The van der Waals surface area contributed by atoms with E-state index in [0.717, 1.165) is 0 Å². The normalized spacial score (nSPS) is 10.5. The molecule has 78 valence electrons. The Morgan fingerprint density at radius 2 is 2.40 bits per heavy atom. The fourth-order valence-corrected chi connectivity index (χ4v) is 1.35. The summed E-state index contributed by atoms with van der Waals surface area (Å²) < 4.78 is 18.4. The van der Waals surface area contributed by atoms with E-state index in [0.29, 0.717) is 5.39 Å². The van der Waals surface area contributed by atoms with E-state index in [1.807, 2.05) is 0 Å². The van der Waals surface area contributed by atoms with E-state index in [1.165, 1.54) is 12.3 Å². The molecule has 0 unspecified atom stereocenters. The zero-order chi connectivity index (χ0) is 10.8. The first-order chi connectivity index (χ1) is 7.24. The van der Waals surface area contributed by atoms with E-state index in [2.05, 4.69) is 10.2 Å². The van der Waals surface area contributed by atoms with Crippen molar-refractivity contribution in [2.45, 2.75) is 6.92 Å². The van der Waals surface area contributed by atoms with Gasteiger partial charge in [0, 0.05) is 5.39 Å². The minimum atomic E-state index is -0.661. The number of fused-ring (bicyclic) bond motifs is 1. The van der Waals surface area contributed by atoms with Gasteiger partial charge in [-0.25, -0.2) is 9.18 Å². The molecule has 0 atom stereocenters. The molecular formula is C10H9FN2O2. The standard InChI is InChI=1S/C10H9FN2O2/c1-2-15-10(14)7-4-3-6-5-12-13-9(6)8(7)11/h3-5H,2H2,1H3,(H,12,13). The fourth-order valence-electron chi connectivity index (χ4n) is 1.35. The largest absolute Gasteiger partial charge is 0.462 e. The van der Waals surface area contributed by atoms with Crippen LogP contribution in [0.3, 0.4) is 0 Å². The molecule has 0 aliphatic carbocycles. The molecule has 0 bridgehead atoms. The lowest BCUT2D eigenvalue weighted by atomic mass is 10.1. The molecule has 15 heavy (non-hydrogen) atoms. The SMILES string of the molecule is CCOC(=O)c1ccc2cn[nH]c2c1F. The number of aromatic nitrogens is 2. The molecule has 0 saturated heterocycles. The van der Waals surface area contributed by atoms with Crippen molar-refractivity contribution < 1.29 is 13.9 Å². The third-order valence-electron chi connectivity index (χ3n) is 2.05. The number of esters is 1. The predicted octanol–water partition coefficient (Wildman–Crippen LogP) is 1.88. The second-order valence-electron chi connectivity index (χ2n) is 2.98. The van der Waals surface area contributed by atoms with E-state index in [4.69, 9.17) is 4.74 Å². The maximum absolute atomic E-state index is 13.7. The van der Waals surface area contributed by atoms with Gasteiger partial charge in [-0.1, -0.05) is 6.07 Å². The van der Waals surface area contributed by atoms with E-state index in [9.17, 15) is 9.18 Å². The summed E-state index contributed by atoms with van der Waals surface area (Å²) in [5.41, 5.74) is 0.147. The van der Waals surface area contributed by atoms with E-state index in [1.54, 1.807) is 13.0 Å². The van der Waals surface area contributed by atoms with Crippen LogP contribution in [-0.2, 0) is 4.74 Å². The van der Waals surface area contributed by atoms with Gasteiger partial charge in [-0.05, 0) is 13.0 Å². The van der Waals surface area contributed by atoms with Gasteiger partial charge in [0.2, 0.25) is 0 Å². The molecule has 0 aliphatic heterocycles. The third kappa shape index (κ3) is 1.56. The minimum Gasteiger partial charge on any atom is -0.462 e. The van der Waals surface area contributed by atoms with Gasteiger partial charge in [-0.15, -0.1) is 0 Å². The number of nitrogens with zero attached hydrogens (tertiary/aromatic N) is 1. The molecule has 0 spiro atoms. The number of nitrogens with one attached hydrogen (secondary N) is 1. The lowest BCUT2D eigenvalue weighted by Gasteiger charge is -2.02. The Balaban J connectivity index is 2.52. The number of H-pyrrole nitrogens is 1. The highest BCUT2D eigenvalue weighted by Crippen LogP contribution is 2.19. The van der Waals surface area contributed by atoms with Crippen LogP contribution in [0.5, 0.6) is 0 Å². The second kappa shape index (κ2) is 3.68. The lowest BCUT2D eigenvalue weighted by Crippen LogP contribution is -2.07. The molecule has 1 aromatic carbocycles. The average molecular weight is 208 g/mol. The highest BCUT2D eigenvalue weighted by molar-refractivity contribution is 5.94. The second-order valence-corrected chi connectivity index (χ2v) is 2.98.